The van der Waals surface area contributed by atoms with Gasteiger partial charge in [0.05, 0.1) is 29.9 Å². The van der Waals surface area contributed by atoms with E-state index in [1.54, 1.807) is 13.1 Å². The molecule has 5 N–H and O–H groups in total. The molecule has 0 spiro atoms. The Hall–Kier alpha value is -2.48. The molecule has 144 valence electrons. The number of nitrogens with one attached hydrogen (secondary N) is 3. The summed E-state index contributed by atoms with van der Waals surface area (Å²) in [6.45, 7) is 0.492. The van der Waals surface area contributed by atoms with Crippen LogP contribution in [0.25, 0.3) is 5.32 Å². The summed E-state index contributed by atoms with van der Waals surface area (Å²) in [6.07, 6.45) is 1.79. The van der Waals surface area contributed by atoms with Crippen LogP contribution in [0.15, 0.2) is 30.3 Å². The number of amides is 2. The van der Waals surface area contributed by atoms with E-state index in [9.17, 15) is 4.79 Å². The van der Waals surface area contributed by atoms with Crippen LogP contribution in [-0.2, 0) is 28.4 Å². The Morgan fingerprint density at radius 3 is 2.93 bits per heavy atom. The van der Waals surface area contributed by atoms with Gasteiger partial charge in [-0.2, -0.15) is 0 Å². The minimum absolute atomic E-state index is 0. The average molecular weight is 409 g/mol. The van der Waals surface area contributed by atoms with Crippen molar-refractivity contribution in [2.75, 3.05) is 23.4 Å². The molecule has 8 nitrogen and oxygen atoms in total. The topological polar surface area (TPSA) is 115 Å². The summed E-state index contributed by atoms with van der Waals surface area (Å²) in [4.78, 5) is 16.7. The zero-order chi connectivity index (χ0) is 18.1. The van der Waals surface area contributed by atoms with Gasteiger partial charge in [-0.3, -0.25) is 4.79 Å². The van der Waals surface area contributed by atoms with E-state index < -0.39 is 6.03 Å². The first-order valence-electron chi connectivity index (χ1n) is 8.60. The van der Waals surface area contributed by atoms with Crippen LogP contribution in [0, 0.1) is 0 Å². The quantitative estimate of drug-likeness (QED) is 0.538. The summed E-state index contributed by atoms with van der Waals surface area (Å²) >= 11 is 0. The number of carbonyl (C=O) groups excluding carboxylic acids is 1. The number of rotatable bonds is 1. The monoisotopic (exact) mass is 409 g/mol. The Morgan fingerprint density at radius 1 is 1.33 bits per heavy atom. The molecule has 0 saturated heterocycles. The van der Waals surface area contributed by atoms with E-state index in [2.05, 4.69) is 26.3 Å². The van der Waals surface area contributed by atoms with Crippen molar-refractivity contribution in [3.63, 3.8) is 0 Å². The number of nitrogens with two attached hydrogens (primary N) is 1. The van der Waals surface area contributed by atoms with Crippen LogP contribution in [-0.4, -0.2) is 30.2 Å². The van der Waals surface area contributed by atoms with Crippen molar-refractivity contribution in [1.29, 1.82) is 0 Å². The minimum atomic E-state index is -0.461. The Bertz CT molecular complexity index is 847. The predicted octanol–water partition coefficient (Wildman–Crippen LogP) is 3.22. The van der Waals surface area contributed by atoms with E-state index in [0.29, 0.717) is 23.8 Å². The first-order chi connectivity index (χ1) is 12.6. The van der Waals surface area contributed by atoms with Crippen molar-refractivity contribution in [3.05, 3.63) is 41.2 Å². The zero-order valence-electron chi connectivity index (χ0n) is 14.8. The summed E-state index contributed by atoms with van der Waals surface area (Å²) in [5.41, 5.74) is 9.01. The van der Waals surface area contributed by atoms with Crippen molar-refractivity contribution in [3.8, 4) is 0 Å². The van der Waals surface area contributed by atoms with Gasteiger partial charge >= 0.3 is 0 Å². The summed E-state index contributed by atoms with van der Waals surface area (Å²) in [5.74, 6) is 0.730. The molecule has 0 unspecified atom stereocenters. The molecule has 2 atom stereocenters. The Kier molecular flexibility index (Phi) is 5.74. The first kappa shape index (κ1) is 19.3. The number of ether oxygens (including phenoxy) is 1. The molecular weight excluding hydrogens is 388 g/mol. The minimum Gasteiger partial charge on any atom is -0.403 e. The van der Waals surface area contributed by atoms with Crippen molar-refractivity contribution < 1.29 is 26.6 Å². The maximum Gasteiger partial charge on any atom is 0.216 e. The molecule has 1 aliphatic carbocycles. The summed E-state index contributed by atoms with van der Waals surface area (Å²) in [5, 5.41) is 13.2. The van der Waals surface area contributed by atoms with Crippen molar-refractivity contribution in [2.24, 2.45) is 0 Å². The average Bonchev–Trinajstić information content (AvgIpc) is 2.61. The van der Waals surface area contributed by atoms with Crippen LogP contribution in [0.1, 0.15) is 18.4 Å². The predicted molar refractivity (Wildman–Crippen MR) is 101 cm³/mol. The van der Waals surface area contributed by atoms with Crippen LogP contribution < -0.4 is 21.7 Å². The van der Waals surface area contributed by atoms with Crippen LogP contribution >= 0.6 is 0 Å². The molecule has 1 aliphatic heterocycles. The number of nitrogens with zero attached hydrogens (tertiary/aromatic N) is 2. The van der Waals surface area contributed by atoms with Gasteiger partial charge in [-0.05, 0) is 36.6 Å². The van der Waals surface area contributed by atoms with Crippen LogP contribution in [0.2, 0.25) is 0 Å². The Morgan fingerprint density at radius 2 is 2.19 bits per heavy atom. The number of urea groups is 1. The Labute approximate surface area is 168 Å². The number of anilines is 4. The van der Waals surface area contributed by atoms with Gasteiger partial charge in [0.15, 0.2) is 0 Å². The molecule has 0 radical (unpaired) electrons. The van der Waals surface area contributed by atoms with Gasteiger partial charge in [0.25, 0.3) is 0 Å². The molecule has 2 heterocycles. The number of benzene rings is 1. The summed E-state index contributed by atoms with van der Waals surface area (Å²) in [6, 6.07) is 9.23. The largest absolute Gasteiger partial charge is 0.403 e. The van der Waals surface area contributed by atoms with Crippen molar-refractivity contribution in [2.45, 2.75) is 31.6 Å². The van der Waals surface area contributed by atoms with Crippen LogP contribution in [0.5, 0.6) is 0 Å². The van der Waals surface area contributed by atoms with E-state index in [-0.39, 0.29) is 35.0 Å². The van der Waals surface area contributed by atoms with E-state index in [4.69, 9.17) is 10.5 Å². The van der Waals surface area contributed by atoms with Gasteiger partial charge < -0.3 is 36.7 Å². The molecule has 4 rings (SSSR count). The molecule has 1 aromatic carbocycles. The molecule has 2 amide bonds. The van der Waals surface area contributed by atoms with Gasteiger partial charge in [-0.25, -0.2) is 0 Å². The first-order valence-corrected chi connectivity index (χ1v) is 8.60. The van der Waals surface area contributed by atoms with Crippen molar-refractivity contribution >= 4 is 34.7 Å². The third kappa shape index (κ3) is 4.10. The SMILES string of the molecule is CNc1cc2nc(c1N)[N-]C(=O)N[C@@H]1CC[C@H]1OCc1cccc(c1)N2.[Fe]. The molecule has 1 fully saturated rings. The van der Waals surface area contributed by atoms with Gasteiger partial charge in [0, 0.05) is 41.7 Å². The van der Waals surface area contributed by atoms with E-state index >= 15 is 0 Å². The molecule has 1 aromatic heterocycles. The summed E-state index contributed by atoms with van der Waals surface area (Å²) < 4.78 is 5.95. The number of nitrogen functional groups attached to an aromatic ring is 1. The maximum absolute atomic E-state index is 12.3. The standard InChI is InChI=1S/C18H22N6O2.Fe/c1-20-13-8-15-21-11-4-2-3-10(7-11)9-26-14-6-5-12(14)22-18(25)24-17(23-15)16(13)19;/h2-4,7-8,12,14H,5-6,9,19H2,1H3,(H4,20,21,22,23,24,25);/p-1/t12-,14-;/m1./s1. The van der Waals surface area contributed by atoms with Crippen LogP contribution in [0.4, 0.5) is 33.5 Å². The molecule has 2 aromatic rings. The van der Waals surface area contributed by atoms with Crippen molar-refractivity contribution in [1.82, 2.24) is 10.3 Å². The molecule has 9 heteroatoms. The van der Waals surface area contributed by atoms with Gasteiger partial charge in [0.2, 0.25) is 6.03 Å². The molecule has 2 aliphatic rings. The number of carbonyl (C=O) groups is 1. The smallest absolute Gasteiger partial charge is 0.216 e. The van der Waals surface area contributed by atoms with Gasteiger partial charge in [-0.15, -0.1) is 0 Å². The van der Waals surface area contributed by atoms with Crippen LogP contribution in [0.3, 0.4) is 0 Å². The maximum atomic E-state index is 12.3. The number of pyridine rings is 1. The number of hydrogen-bond acceptors (Lipinski definition) is 6. The fourth-order valence-corrected chi connectivity index (χ4v) is 3.11. The molecule has 4 bridgehead atoms. The van der Waals surface area contributed by atoms with Gasteiger partial charge in [0.1, 0.15) is 0 Å². The second kappa shape index (κ2) is 8.04. The van der Waals surface area contributed by atoms with E-state index in [0.717, 1.165) is 24.1 Å². The third-order valence-corrected chi connectivity index (χ3v) is 4.70. The van der Waals surface area contributed by atoms with E-state index in [1.165, 1.54) is 0 Å². The van der Waals surface area contributed by atoms with E-state index in [1.807, 2.05) is 24.3 Å². The number of hydrogen-bond donors (Lipinski definition) is 4. The fraction of sp³-hybridized carbons (Fsp3) is 0.333. The fourth-order valence-electron chi connectivity index (χ4n) is 3.11. The van der Waals surface area contributed by atoms with Gasteiger partial charge in [-0.1, -0.05) is 12.1 Å². The molecule has 1 saturated carbocycles. The Balaban J connectivity index is 0.00000210. The second-order valence-electron chi connectivity index (χ2n) is 6.46. The third-order valence-electron chi connectivity index (χ3n) is 4.70. The molecule has 27 heavy (non-hydrogen) atoms. The zero-order valence-corrected chi connectivity index (χ0v) is 15.9. The second-order valence-corrected chi connectivity index (χ2v) is 6.46. The molecular formula is C18H21FeN6O2-. The normalized spacial score (nSPS) is 21.0. The number of fused-ring (bicyclic) bond motifs is 5. The summed E-state index contributed by atoms with van der Waals surface area (Å²) in [7, 11) is 1.76. The number of aromatic nitrogens is 1.